The predicted molar refractivity (Wildman–Crippen MR) is 62.5 cm³/mol. The topological polar surface area (TPSA) is 132 Å². The van der Waals surface area contributed by atoms with E-state index in [2.05, 4.69) is 20.9 Å². The van der Waals surface area contributed by atoms with Gasteiger partial charge in [-0.1, -0.05) is 0 Å². The summed E-state index contributed by atoms with van der Waals surface area (Å²) in [4.78, 5) is 10.00. The Balaban J connectivity index is 2.04. The zero-order chi connectivity index (χ0) is 15.3. The third-order valence-corrected chi connectivity index (χ3v) is 3.40. The minimum Gasteiger partial charge on any atom is -0.491 e. The Morgan fingerprint density at radius 2 is 2.05 bits per heavy atom. The van der Waals surface area contributed by atoms with Crippen LogP contribution in [-0.4, -0.2) is 39.5 Å². The molecule has 1 aliphatic carbocycles. The maximum atomic E-state index is 13.6. The van der Waals surface area contributed by atoms with Gasteiger partial charge >= 0.3 is 0 Å². The average Bonchev–Trinajstić information content (AvgIpc) is 2.43. The second kappa shape index (κ2) is 4.48. The minimum absolute atomic E-state index is 0.0201. The summed E-state index contributed by atoms with van der Waals surface area (Å²) in [7, 11) is 0. The van der Waals surface area contributed by atoms with Crippen LogP contribution in [0, 0.1) is 10.1 Å². The average molecular weight is 301 g/mol. The number of nitrogens with one attached hydrogen (secondary N) is 2. The van der Waals surface area contributed by atoms with Crippen molar-refractivity contribution in [2.75, 3.05) is 0 Å². The Bertz CT molecular complexity index is 643. The molecule has 4 unspecified atom stereocenters. The van der Waals surface area contributed by atoms with Gasteiger partial charge in [-0.25, -0.2) is 8.78 Å². The molecule has 0 saturated carbocycles. The first-order valence-corrected chi connectivity index (χ1v) is 5.85. The molecule has 0 aromatic carbocycles. The zero-order valence-electron chi connectivity index (χ0n) is 10.2. The Labute approximate surface area is 115 Å². The number of piperazine rings is 1. The van der Waals surface area contributed by atoms with Crippen LogP contribution in [0.1, 0.15) is 0 Å². The van der Waals surface area contributed by atoms with Crippen LogP contribution in [-0.2, 0) is 0 Å². The number of allylic oxidation sites excluding steroid dienone is 2. The van der Waals surface area contributed by atoms with E-state index in [0.29, 0.717) is 0 Å². The van der Waals surface area contributed by atoms with E-state index in [0.717, 1.165) is 6.08 Å². The fourth-order valence-corrected chi connectivity index (χ4v) is 2.43. The predicted octanol–water partition coefficient (Wildman–Crippen LogP) is 0.121. The first-order chi connectivity index (χ1) is 9.90. The molecule has 3 rings (SSSR count). The molecule has 0 aromatic heterocycles. The van der Waals surface area contributed by atoms with Crippen LogP contribution < -0.4 is 10.6 Å². The van der Waals surface area contributed by atoms with Crippen LogP contribution in [0.3, 0.4) is 0 Å². The lowest BCUT2D eigenvalue weighted by molar-refractivity contribution is -0.518. The van der Waals surface area contributed by atoms with Crippen LogP contribution in [0.2, 0.25) is 0 Å². The molecular formula is C10H9F2N5O4. The number of halogens is 2. The normalized spacial score (nSPS) is 34.5. The van der Waals surface area contributed by atoms with Crippen molar-refractivity contribution in [3.63, 3.8) is 0 Å². The van der Waals surface area contributed by atoms with E-state index in [1.165, 1.54) is 0 Å². The first kappa shape index (κ1) is 13.4. The maximum Gasteiger partial charge on any atom is 0.291 e. The zero-order valence-corrected chi connectivity index (χ0v) is 10.2. The summed E-state index contributed by atoms with van der Waals surface area (Å²) in [6.07, 6.45) is -0.614. The van der Waals surface area contributed by atoms with E-state index in [-0.39, 0.29) is 11.4 Å². The van der Waals surface area contributed by atoms with Gasteiger partial charge in [-0.2, -0.15) is 5.11 Å². The fourth-order valence-electron chi connectivity index (χ4n) is 2.43. The van der Waals surface area contributed by atoms with Crippen molar-refractivity contribution >= 4 is 0 Å². The molecule has 0 amide bonds. The highest BCUT2D eigenvalue weighted by Crippen LogP contribution is 2.33. The fraction of sp³-hybridized carbons (Fsp3) is 0.400. The lowest BCUT2D eigenvalue weighted by Gasteiger charge is -2.39. The van der Waals surface area contributed by atoms with Gasteiger partial charge in [0.25, 0.3) is 11.9 Å². The van der Waals surface area contributed by atoms with Crippen molar-refractivity contribution in [3.8, 4) is 0 Å². The van der Waals surface area contributed by atoms with Crippen molar-refractivity contribution in [2.45, 2.75) is 24.4 Å². The van der Waals surface area contributed by atoms with E-state index in [4.69, 9.17) is 0 Å². The largest absolute Gasteiger partial charge is 0.491 e. The molecule has 21 heavy (non-hydrogen) atoms. The monoisotopic (exact) mass is 301 g/mol. The van der Waals surface area contributed by atoms with Crippen LogP contribution in [0.25, 0.3) is 0 Å². The summed E-state index contributed by atoms with van der Waals surface area (Å²) in [5.74, 6) is -3.46. The van der Waals surface area contributed by atoms with Gasteiger partial charge in [0.2, 0.25) is 5.83 Å². The van der Waals surface area contributed by atoms with E-state index in [9.17, 15) is 29.1 Å². The van der Waals surface area contributed by atoms with E-state index in [1.807, 2.05) is 0 Å². The second-order valence-electron chi connectivity index (χ2n) is 4.64. The smallest absolute Gasteiger partial charge is 0.291 e. The summed E-state index contributed by atoms with van der Waals surface area (Å²) in [5.41, 5.74) is -0.0880. The van der Waals surface area contributed by atoms with Crippen LogP contribution >= 0.6 is 0 Å². The molecule has 9 nitrogen and oxygen atoms in total. The molecule has 0 radical (unpaired) electrons. The number of nitro groups is 1. The molecule has 4 atom stereocenters. The number of aliphatic hydroxyl groups is 2. The Hall–Kier alpha value is -2.56. The number of hydrogen-bond donors (Lipinski definition) is 4. The molecular weight excluding hydrogens is 292 g/mol. The van der Waals surface area contributed by atoms with Gasteiger partial charge in [-0.3, -0.25) is 10.1 Å². The van der Waals surface area contributed by atoms with Crippen molar-refractivity contribution in [2.24, 2.45) is 10.2 Å². The van der Waals surface area contributed by atoms with Gasteiger partial charge < -0.3 is 20.8 Å². The number of fused-ring (bicyclic) bond motifs is 2. The van der Waals surface area contributed by atoms with Crippen molar-refractivity contribution in [1.29, 1.82) is 0 Å². The highest BCUT2D eigenvalue weighted by atomic mass is 19.2. The lowest BCUT2D eigenvalue weighted by Crippen LogP contribution is -2.61. The van der Waals surface area contributed by atoms with Gasteiger partial charge in [0.1, 0.15) is 17.8 Å². The molecule has 3 aliphatic rings. The molecule has 4 N–H and O–H groups in total. The molecule has 0 spiro atoms. The summed E-state index contributed by atoms with van der Waals surface area (Å²) in [6.45, 7) is 0. The van der Waals surface area contributed by atoms with Crippen molar-refractivity contribution < 1.29 is 23.9 Å². The highest BCUT2D eigenvalue weighted by molar-refractivity contribution is 5.39. The third kappa shape index (κ3) is 1.93. The van der Waals surface area contributed by atoms with Gasteiger partial charge in [0.15, 0.2) is 12.1 Å². The molecule has 0 bridgehead atoms. The first-order valence-electron chi connectivity index (χ1n) is 5.85. The summed E-state index contributed by atoms with van der Waals surface area (Å²) < 4.78 is 27.1. The molecule has 1 fully saturated rings. The number of aliphatic hydroxyl groups excluding tert-OH is 2. The van der Waals surface area contributed by atoms with Gasteiger partial charge in [-0.05, 0) is 6.08 Å². The third-order valence-electron chi connectivity index (χ3n) is 3.40. The van der Waals surface area contributed by atoms with Gasteiger partial charge in [0, 0.05) is 10.6 Å². The molecule has 2 aliphatic heterocycles. The minimum atomic E-state index is -1.99. The Morgan fingerprint density at radius 3 is 2.71 bits per heavy atom. The molecule has 1 saturated heterocycles. The lowest BCUT2D eigenvalue weighted by atomic mass is 9.92. The van der Waals surface area contributed by atoms with Crippen molar-refractivity contribution in [1.82, 2.24) is 10.6 Å². The molecule has 2 heterocycles. The summed E-state index contributed by atoms with van der Waals surface area (Å²) in [6, 6.07) is -4.23. The van der Waals surface area contributed by atoms with E-state index in [1.54, 1.807) is 0 Å². The van der Waals surface area contributed by atoms with Crippen LogP contribution in [0.15, 0.2) is 45.2 Å². The standard InChI is InChI=1S/C10H9F2N5O4/c11-2-1-3-5(8(4(2)12)17(20)21)14-7-6(13-3)9(18)15-16-10(7)19/h1,5-6,8-9,13-14,18-19H. The van der Waals surface area contributed by atoms with Gasteiger partial charge in [0.05, 0.1) is 0 Å². The van der Waals surface area contributed by atoms with Crippen LogP contribution in [0.5, 0.6) is 0 Å². The van der Waals surface area contributed by atoms with Gasteiger partial charge in [-0.15, -0.1) is 5.11 Å². The second-order valence-corrected chi connectivity index (χ2v) is 4.64. The Morgan fingerprint density at radius 1 is 1.33 bits per heavy atom. The number of rotatable bonds is 1. The summed E-state index contributed by atoms with van der Waals surface area (Å²) in [5, 5.41) is 42.0. The number of azo groups is 1. The molecule has 11 heteroatoms. The number of nitrogens with zero attached hydrogens (tertiary/aromatic N) is 3. The Kier molecular flexibility index (Phi) is 2.86. The SMILES string of the molecule is O=[N+]([O-])C1C(F)=C(F)C=C2NC3C(=C(O)N=NC3O)NC21. The van der Waals surface area contributed by atoms with E-state index < -0.39 is 46.8 Å². The summed E-state index contributed by atoms with van der Waals surface area (Å²) >= 11 is 0. The molecule has 0 aromatic rings. The van der Waals surface area contributed by atoms with Crippen molar-refractivity contribution in [3.05, 3.63) is 45.1 Å². The number of hydrogen-bond acceptors (Lipinski definition) is 8. The molecule has 112 valence electrons. The quantitative estimate of drug-likeness (QED) is 0.402. The maximum absolute atomic E-state index is 13.6. The highest BCUT2D eigenvalue weighted by Gasteiger charge is 2.49. The van der Waals surface area contributed by atoms with E-state index >= 15 is 0 Å². The van der Waals surface area contributed by atoms with Crippen LogP contribution in [0.4, 0.5) is 8.78 Å².